The van der Waals surface area contributed by atoms with Crippen LogP contribution in [0.2, 0.25) is 0 Å². The Balaban J connectivity index is 1.48. The zero-order valence-corrected chi connectivity index (χ0v) is 21.3. The summed E-state index contributed by atoms with van der Waals surface area (Å²) < 4.78 is 14.9. The van der Waals surface area contributed by atoms with Crippen molar-refractivity contribution in [1.29, 1.82) is 0 Å². The molecule has 8 nitrogen and oxygen atoms in total. The summed E-state index contributed by atoms with van der Waals surface area (Å²) in [6.45, 7) is 4.55. The number of ether oxygens (including phenoxy) is 1. The average Bonchev–Trinajstić information content (AvgIpc) is 3.25. The Morgan fingerprint density at radius 2 is 2.00 bits per heavy atom. The molecule has 6 rings (SSSR count). The zero-order valence-electron chi connectivity index (χ0n) is 20.5. The van der Waals surface area contributed by atoms with E-state index in [1.54, 1.807) is 6.20 Å². The third kappa shape index (κ3) is 5.21. The number of fused-ring (bicyclic) bond motifs is 4. The Labute approximate surface area is 220 Å². The van der Waals surface area contributed by atoms with E-state index in [0.29, 0.717) is 12.2 Å². The topological polar surface area (TPSA) is 92.2 Å². The van der Waals surface area contributed by atoms with Gasteiger partial charge in [0.05, 0.1) is 11.7 Å². The molecule has 0 saturated carbocycles. The largest absolute Gasteiger partial charge is 0.491 e. The Bertz CT molecular complexity index is 1410. The minimum atomic E-state index is -0.114. The second-order valence-corrected chi connectivity index (χ2v) is 10.1. The van der Waals surface area contributed by atoms with Crippen LogP contribution in [0.5, 0.6) is 5.75 Å². The van der Waals surface area contributed by atoms with E-state index in [-0.39, 0.29) is 11.9 Å². The molecule has 1 unspecified atom stereocenters. The predicted molar refractivity (Wildman–Crippen MR) is 148 cm³/mol. The highest BCUT2D eigenvalue weighted by Gasteiger charge is 2.25. The van der Waals surface area contributed by atoms with Gasteiger partial charge in [-0.25, -0.2) is 4.72 Å². The number of benzene rings is 2. The van der Waals surface area contributed by atoms with Crippen LogP contribution in [0, 0.1) is 0 Å². The third-order valence-electron chi connectivity index (χ3n) is 6.85. The van der Waals surface area contributed by atoms with E-state index in [1.807, 2.05) is 30.5 Å². The quantitative estimate of drug-likeness (QED) is 0.306. The standard InChI is InChI=1S/C28H30N6O2S/c35-28-22-7-6-20-14-25-27-21(13-19-3-2-8-30-16-19)4-1-5-26(27)36-18-23(17-34(25)24(20)15-22)31-11-9-29-10-12-32-37-33-28/h1-8,14-16,23,29,31-32H,9-13,17-18H2,(H,33,35). The van der Waals surface area contributed by atoms with E-state index in [2.05, 4.69) is 60.0 Å². The van der Waals surface area contributed by atoms with E-state index in [9.17, 15) is 4.79 Å². The fourth-order valence-electron chi connectivity index (χ4n) is 5.07. The van der Waals surface area contributed by atoms with Crippen LogP contribution in [0.4, 0.5) is 0 Å². The van der Waals surface area contributed by atoms with Crippen molar-refractivity contribution in [3.63, 3.8) is 0 Å². The first-order valence-corrected chi connectivity index (χ1v) is 13.5. The summed E-state index contributed by atoms with van der Waals surface area (Å²) in [4.78, 5) is 17.2. The van der Waals surface area contributed by atoms with Gasteiger partial charge >= 0.3 is 0 Å². The number of nitrogens with one attached hydrogen (secondary N) is 4. The molecule has 2 aromatic carbocycles. The normalized spacial score (nSPS) is 18.6. The van der Waals surface area contributed by atoms with Crippen LogP contribution in [-0.4, -0.2) is 54.3 Å². The maximum Gasteiger partial charge on any atom is 0.262 e. The van der Waals surface area contributed by atoms with Gasteiger partial charge in [-0.1, -0.05) is 24.3 Å². The number of nitrogens with zero attached hydrogens (tertiary/aromatic N) is 2. The molecular formula is C28H30N6O2S. The first-order valence-electron chi connectivity index (χ1n) is 12.7. The lowest BCUT2D eigenvalue weighted by Gasteiger charge is -2.27. The SMILES string of the molecule is O=C1NSNCCNCCNC2COc3cccc(Cc4cccnc4)c3-c3cc4ccc1cc4n3C2. The number of amides is 1. The number of carbonyl (C=O) groups is 1. The maximum absolute atomic E-state index is 12.9. The fraction of sp³-hybridized carbons (Fsp3) is 0.286. The van der Waals surface area contributed by atoms with Gasteiger partial charge in [-0.05, 0) is 47.9 Å². The van der Waals surface area contributed by atoms with Gasteiger partial charge in [0.25, 0.3) is 5.91 Å². The zero-order chi connectivity index (χ0) is 25.0. The Hall–Kier alpha value is -3.37. The summed E-state index contributed by atoms with van der Waals surface area (Å²) in [7, 11) is 0. The summed E-state index contributed by atoms with van der Waals surface area (Å²) in [5.41, 5.74) is 6.22. The summed E-state index contributed by atoms with van der Waals surface area (Å²) in [5.74, 6) is 0.765. The highest BCUT2D eigenvalue weighted by Crippen LogP contribution is 2.39. The lowest BCUT2D eigenvalue weighted by atomic mass is 9.97. The highest BCUT2D eigenvalue weighted by atomic mass is 32.2. The molecule has 9 heteroatoms. The maximum atomic E-state index is 12.9. The molecule has 2 aliphatic heterocycles. The van der Waals surface area contributed by atoms with Gasteiger partial charge in [0.15, 0.2) is 0 Å². The molecule has 2 aliphatic rings. The second kappa shape index (κ2) is 10.9. The van der Waals surface area contributed by atoms with Crippen molar-refractivity contribution in [3.05, 3.63) is 83.7 Å². The minimum Gasteiger partial charge on any atom is -0.491 e. The second-order valence-electron chi connectivity index (χ2n) is 9.38. The number of rotatable bonds is 2. The molecule has 1 amide bonds. The fourth-order valence-corrected chi connectivity index (χ4v) is 5.55. The van der Waals surface area contributed by atoms with Crippen molar-refractivity contribution in [2.24, 2.45) is 0 Å². The van der Waals surface area contributed by atoms with E-state index in [0.717, 1.165) is 72.6 Å². The van der Waals surface area contributed by atoms with Crippen LogP contribution in [-0.2, 0) is 13.0 Å². The van der Waals surface area contributed by atoms with Gasteiger partial charge in [-0.3, -0.25) is 14.5 Å². The number of hydrogen-bond acceptors (Lipinski definition) is 7. The van der Waals surface area contributed by atoms with Crippen molar-refractivity contribution < 1.29 is 9.53 Å². The van der Waals surface area contributed by atoms with Gasteiger partial charge in [-0.2, -0.15) is 0 Å². The molecule has 0 radical (unpaired) electrons. The third-order valence-corrected chi connectivity index (χ3v) is 7.49. The summed E-state index contributed by atoms with van der Waals surface area (Å²) in [6.07, 6.45) is 4.47. The molecule has 2 aromatic heterocycles. The van der Waals surface area contributed by atoms with Gasteiger partial charge in [-0.15, -0.1) is 0 Å². The van der Waals surface area contributed by atoms with Gasteiger partial charge < -0.3 is 19.9 Å². The molecule has 0 saturated heterocycles. The first-order chi connectivity index (χ1) is 18.3. The summed E-state index contributed by atoms with van der Waals surface area (Å²) in [6, 6.07) is 18.6. The van der Waals surface area contributed by atoms with Crippen LogP contribution in [0.1, 0.15) is 21.5 Å². The van der Waals surface area contributed by atoms with E-state index in [4.69, 9.17) is 4.74 Å². The lowest BCUT2D eigenvalue weighted by Crippen LogP contribution is -2.43. The van der Waals surface area contributed by atoms with Crippen LogP contribution in [0.3, 0.4) is 0 Å². The first kappa shape index (κ1) is 24.0. The molecule has 4 aromatic rings. The average molecular weight is 515 g/mol. The van der Waals surface area contributed by atoms with Crippen LogP contribution >= 0.6 is 12.1 Å². The predicted octanol–water partition coefficient (Wildman–Crippen LogP) is 3.13. The highest BCUT2D eigenvalue weighted by molar-refractivity contribution is 7.96. The molecule has 0 aliphatic carbocycles. The minimum absolute atomic E-state index is 0.114. The summed E-state index contributed by atoms with van der Waals surface area (Å²) in [5, 5.41) is 8.21. The molecular weight excluding hydrogens is 484 g/mol. The number of carbonyl (C=O) groups excluding carboxylic acids is 1. The molecule has 0 spiro atoms. The van der Waals surface area contributed by atoms with Crippen molar-refractivity contribution in [2.45, 2.75) is 19.0 Å². The molecule has 4 bridgehead atoms. The van der Waals surface area contributed by atoms with Crippen LogP contribution in [0.25, 0.3) is 22.2 Å². The Morgan fingerprint density at radius 1 is 1.05 bits per heavy atom. The Kier molecular flexibility index (Phi) is 7.09. The van der Waals surface area contributed by atoms with Crippen molar-refractivity contribution in [1.82, 2.24) is 29.6 Å². The van der Waals surface area contributed by atoms with Crippen LogP contribution < -0.4 is 24.8 Å². The molecule has 4 N–H and O–H groups in total. The summed E-state index contributed by atoms with van der Waals surface area (Å²) >= 11 is 1.23. The van der Waals surface area contributed by atoms with E-state index < -0.39 is 0 Å². The van der Waals surface area contributed by atoms with E-state index in [1.165, 1.54) is 17.7 Å². The van der Waals surface area contributed by atoms with Gasteiger partial charge in [0.1, 0.15) is 12.4 Å². The van der Waals surface area contributed by atoms with Crippen LogP contribution in [0.15, 0.2) is 67.0 Å². The number of aromatic nitrogens is 2. The lowest BCUT2D eigenvalue weighted by molar-refractivity contribution is 0.0984. The molecule has 37 heavy (non-hydrogen) atoms. The van der Waals surface area contributed by atoms with E-state index >= 15 is 0 Å². The number of hydrogen-bond donors (Lipinski definition) is 4. The molecule has 190 valence electrons. The molecule has 4 heterocycles. The molecule has 1 atom stereocenters. The van der Waals surface area contributed by atoms with Gasteiger partial charge in [0, 0.05) is 79.3 Å². The van der Waals surface area contributed by atoms with Crippen molar-refractivity contribution >= 4 is 28.9 Å². The number of pyridine rings is 1. The monoisotopic (exact) mass is 514 g/mol. The van der Waals surface area contributed by atoms with Crippen molar-refractivity contribution in [3.8, 4) is 17.0 Å². The van der Waals surface area contributed by atoms with Crippen molar-refractivity contribution in [2.75, 3.05) is 32.8 Å². The molecule has 0 fully saturated rings. The van der Waals surface area contributed by atoms with Gasteiger partial charge in [0.2, 0.25) is 0 Å². The smallest absolute Gasteiger partial charge is 0.262 e. The Morgan fingerprint density at radius 3 is 2.92 bits per heavy atom.